The first kappa shape index (κ1) is 19.0. The molecule has 0 bridgehead atoms. The average molecular weight is 392 g/mol. The quantitative estimate of drug-likeness (QED) is 0.734. The zero-order valence-electron chi connectivity index (χ0n) is 15.0. The van der Waals surface area contributed by atoms with E-state index < -0.39 is 11.8 Å². The zero-order valence-corrected chi connectivity index (χ0v) is 15.8. The Kier molecular flexibility index (Phi) is 5.79. The highest BCUT2D eigenvalue weighted by molar-refractivity contribution is 7.07. The minimum atomic E-state index is -0.788. The Balaban J connectivity index is 1.41. The summed E-state index contributed by atoms with van der Waals surface area (Å²) in [7, 11) is 0. The summed E-state index contributed by atoms with van der Waals surface area (Å²) in [6, 6.07) is 1.53. The second-order valence-corrected chi connectivity index (χ2v) is 7.16. The first-order valence-electron chi connectivity index (χ1n) is 8.54. The Morgan fingerprint density at radius 2 is 2.00 bits per heavy atom. The molecule has 2 aromatic rings. The van der Waals surface area contributed by atoms with Gasteiger partial charge in [-0.3, -0.25) is 19.7 Å². The number of carbonyl (C=O) groups excluding carboxylic acids is 3. The molecule has 0 radical (unpaired) electrons. The maximum absolute atomic E-state index is 12.4. The number of anilines is 1. The molecular weight excluding hydrogens is 372 g/mol. The van der Waals surface area contributed by atoms with Crippen LogP contribution in [0, 0.1) is 19.8 Å². The second-order valence-electron chi connectivity index (χ2n) is 6.41. The van der Waals surface area contributed by atoms with Crippen LogP contribution in [0.4, 0.5) is 5.82 Å². The number of hydrogen-bond donors (Lipinski definition) is 2. The second kappa shape index (κ2) is 8.25. The van der Waals surface area contributed by atoms with E-state index in [4.69, 9.17) is 4.52 Å². The van der Waals surface area contributed by atoms with E-state index in [9.17, 15) is 14.4 Å². The molecule has 0 atom stereocenters. The molecule has 2 aromatic heterocycles. The largest absolute Gasteiger partial charge is 0.360 e. The van der Waals surface area contributed by atoms with Crippen molar-refractivity contribution in [3.8, 4) is 0 Å². The number of aryl methyl sites for hydroxylation is 2. The van der Waals surface area contributed by atoms with Gasteiger partial charge in [-0.2, -0.15) is 0 Å². The molecule has 3 heterocycles. The third-order valence-corrected chi connectivity index (χ3v) is 5.19. The zero-order chi connectivity index (χ0) is 19.4. The predicted molar refractivity (Wildman–Crippen MR) is 96.2 cm³/mol. The van der Waals surface area contributed by atoms with E-state index in [1.54, 1.807) is 18.7 Å². The van der Waals surface area contributed by atoms with Crippen LogP contribution in [0.5, 0.6) is 0 Å². The Bertz CT molecular complexity index is 840. The summed E-state index contributed by atoms with van der Waals surface area (Å²) < 4.78 is 8.63. The van der Waals surface area contributed by atoms with Crippen molar-refractivity contribution in [1.82, 2.24) is 25.0 Å². The first-order valence-corrected chi connectivity index (χ1v) is 9.32. The van der Waals surface area contributed by atoms with Crippen LogP contribution in [-0.4, -0.2) is 57.0 Å². The Morgan fingerprint density at radius 1 is 1.26 bits per heavy atom. The molecule has 0 spiro atoms. The minimum Gasteiger partial charge on any atom is -0.360 e. The van der Waals surface area contributed by atoms with Gasteiger partial charge >= 0.3 is 11.8 Å². The number of rotatable bonds is 4. The number of hydrogen-bond acceptors (Lipinski definition) is 8. The van der Waals surface area contributed by atoms with E-state index in [2.05, 4.69) is 25.4 Å². The minimum absolute atomic E-state index is 0.0488. The summed E-state index contributed by atoms with van der Waals surface area (Å²) in [5.41, 5.74) is 0.646. The fourth-order valence-corrected chi connectivity index (χ4v) is 3.45. The van der Waals surface area contributed by atoms with Crippen molar-refractivity contribution in [3.05, 3.63) is 22.4 Å². The molecular formula is C16H20N6O4S. The van der Waals surface area contributed by atoms with Gasteiger partial charge in [-0.05, 0) is 44.1 Å². The van der Waals surface area contributed by atoms with Crippen molar-refractivity contribution >= 4 is 35.1 Å². The van der Waals surface area contributed by atoms with Crippen molar-refractivity contribution in [2.75, 3.05) is 25.0 Å². The van der Waals surface area contributed by atoms with Gasteiger partial charge in [0, 0.05) is 25.7 Å². The van der Waals surface area contributed by atoms with Crippen molar-refractivity contribution in [3.63, 3.8) is 0 Å². The first-order chi connectivity index (χ1) is 12.9. The van der Waals surface area contributed by atoms with Gasteiger partial charge in [0.15, 0.2) is 5.82 Å². The summed E-state index contributed by atoms with van der Waals surface area (Å²) in [6.07, 6.45) is 1.50. The molecule has 1 aliphatic rings. The maximum Gasteiger partial charge on any atom is 0.314 e. The lowest BCUT2D eigenvalue weighted by Crippen LogP contribution is -2.43. The van der Waals surface area contributed by atoms with E-state index >= 15 is 0 Å². The standard InChI is InChI=1S/C16H20N6O4S/c1-9-7-12(20-26-9)18-15(24)14(23)17-8-11-3-5-22(6-4-11)16(25)13-10(2)19-21-27-13/h7,11H,3-6,8H2,1-2H3,(H,17,23)(H,18,20,24). The van der Waals surface area contributed by atoms with E-state index in [1.165, 1.54) is 6.07 Å². The number of piperidine rings is 1. The molecule has 3 amide bonds. The van der Waals surface area contributed by atoms with Crippen molar-refractivity contribution in [2.45, 2.75) is 26.7 Å². The molecule has 0 saturated carbocycles. The molecule has 2 N–H and O–H groups in total. The molecule has 3 rings (SSSR count). The predicted octanol–water partition coefficient (Wildman–Crippen LogP) is 0.750. The average Bonchev–Trinajstić information content (AvgIpc) is 3.27. The monoisotopic (exact) mass is 392 g/mol. The lowest BCUT2D eigenvalue weighted by molar-refractivity contribution is -0.136. The van der Waals surface area contributed by atoms with Gasteiger partial charge in [0.2, 0.25) is 0 Å². The number of likely N-dealkylation sites (tertiary alicyclic amines) is 1. The van der Waals surface area contributed by atoms with Crippen LogP contribution in [0.3, 0.4) is 0 Å². The summed E-state index contributed by atoms with van der Waals surface area (Å²) in [6.45, 7) is 5.03. The number of amides is 3. The molecule has 0 aromatic carbocycles. The fourth-order valence-electron chi connectivity index (χ4n) is 2.83. The molecule has 27 heavy (non-hydrogen) atoms. The fraction of sp³-hybridized carbons (Fsp3) is 0.500. The molecule has 10 nitrogen and oxygen atoms in total. The molecule has 0 aliphatic carbocycles. The van der Waals surface area contributed by atoms with Crippen LogP contribution < -0.4 is 10.6 Å². The van der Waals surface area contributed by atoms with Gasteiger partial charge in [0.25, 0.3) is 5.91 Å². The Labute approximate surface area is 159 Å². The lowest BCUT2D eigenvalue weighted by Gasteiger charge is -2.31. The van der Waals surface area contributed by atoms with Gasteiger partial charge in [-0.15, -0.1) is 5.10 Å². The van der Waals surface area contributed by atoms with Gasteiger partial charge in [-0.1, -0.05) is 9.64 Å². The van der Waals surface area contributed by atoms with Crippen molar-refractivity contribution < 1.29 is 18.9 Å². The van der Waals surface area contributed by atoms with Crippen LogP contribution in [-0.2, 0) is 9.59 Å². The topological polar surface area (TPSA) is 130 Å². The lowest BCUT2D eigenvalue weighted by atomic mass is 9.96. The van der Waals surface area contributed by atoms with Crippen LogP contribution in [0.25, 0.3) is 0 Å². The Hall–Kier alpha value is -2.82. The van der Waals surface area contributed by atoms with Crippen LogP contribution in [0.2, 0.25) is 0 Å². The molecule has 11 heteroatoms. The normalized spacial score (nSPS) is 14.8. The molecule has 1 fully saturated rings. The van der Waals surface area contributed by atoms with Gasteiger partial charge in [0.1, 0.15) is 10.6 Å². The smallest absolute Gasteiger partial charge is 0.314 e. The third kappa shape index (κ3) is 4.67. The van der Waals surface area contributed by atoms with Crippen molar-refractivity contribution in [1.29, 1.82) is 0 Å². The van der Waals surface area contributed by atoms with Crippen LogP contribution in [0.1, 0.15) is 34.0 Å². The molecule has 1 saturated heterocycles. The highest BCUT2D eigenvalue weighted by Crippen LogP contribution is 2.20. The van der Waals surface area contributed by atoms with Crippen LogP contribution >= 0.6 is 11.5 Å². The summed E-state index contributed by atoms with van der Waals surface area (Å²) in [4.78, 5) is 38.5. The number of nitrogens with one attached hydrogen (secondary N) is 2. The molecule has 0 unspecified atom stereocenters. The Morgan fingerprint density at radius 3 is 2.59 bits per heavy atom. The third-order valence-electron chi connectivity index (χ3n) is 4.37. The van der Waals surface area contributed by atoms with E-state index in [0.717, 1.165) is 24.4 Å². The maximum atomic E-state index is 12.4. The highest BCUT2D eigenvalue weighted by atomic mass is 32.1. The van der Waals surface area contributed by atoms with Gasteiger partial charge in [0.05, 0.1) is 5.69 Å². The van der Waals surface area contributed by atoms with E-state index in [1.807, 2.05) is 0 Å². The van der Waals surface area contributed by atoms with Crippen LogP contribution in [0.15, 0.2) is 10.6 Å². The SMILES string of the molecule is Cc1cc(NC(=O)C(=O)NCC2CCN(C(=O)c3snnc3C)CC2)no1. The highest BCUT2D eigenvalue weighted by Gasteiger charge is 2.26. The number of carbonyl (C=O) groups is 3. The van der Waals surface area contributed by atoms with Gasteiger partial charge in [-0.25, -0.2) is 0 Å². The van der Waals surface area contributed by atoms with E-state index in [0.29, 0.717) is 36.0 Å². The number of nitrogens with zero attached hydrogens (tertiary/aromatic N) is 4. The van der Waals surface area contributed by atoms with E-state index in [-0.39, 0.29) is 17.6 Å². The molecule has 1 aliphatic heterocycles. The summed E-state index contributed by atoms with van der Waals surface area (Å²) >= 11 is 1.11. The van der Waals surface area contributed by atoms with Crippen molar-refractivity contribution in [2.24, 2.45) is 5.92 Å². The summed E-state index contributed by atoms with van der Waals surface area (Å²) in [5.74, 6) is -0.610. The number of aromatic nitrogens is 3. The molecule has 144 valence electrons. The summed E-state index contributed by atoms with van der Waals surface area (Å²) in [5, 5.41) is 12.5. The van der Waals surface area contributed by atoms with Gasteiger partial charge < -0.3 is 14.7 Å².